The Morgan fingerprint density at radius 3 is 2.60 bits per heavy atom. The van der Waals surface area contributed by atoms with Crippen LogP contribution >= 0.6 is 0 Å². The number of hydrogen-bond donors (Lipinski definition) is 2. The summed E-state index contributed by atoms with van der Waals surface area (Å²) in [5, 5.41) is 13.7. The van der Waals surface area contributed by atoms with E-state index < -0.39 is 11.0 Å². The van der Waals surface area contributed by atoms with Crippen molar-refractivity contribution in [2.24, 2.45) is 5.92 Å². The summed E-state index contributed by atoms with van der Waals surface area (Å²) in [6, 6.07) is 3.75. The summed E-state index contributed by atoms with van der Waals surface area (Å²) in [6.07, 6.45) is 0.587. The zero-order valence-corrected chi connectivity index (χ0v) is 11.8. The van der Waals surface area contributed by atoms with Crippen LogP contribution in [0.2, 0.25) is 0 Å². The van der Waals surface area contributed by atoms with E-state index in [4.69, 9.17) is 10.5 Å². The average molecular weight is 281 g/mol. The monoisotopic (exact) mass is 281 g/mol. The average Bonchev–Trinajstić information content (AvgIpc) is 2.36. The quantitative estimate of drug-likeness (QED) is 0.358. The second-order valence-corrected chi connectivity index (χ2v) is 4.88. The molecule has 0 saturated heterocycles. The molecule has 7 nitrogen and oxygen atoms in total. The van der Waals surface area contributed by atoms with Crippen LogP contribution in [0.3, 0.4) is 0 Å². The van der Waals surface area contributed by atoms with E-state index in [-0.39, 0.29) is 17.3 Å². The number of esters is 1. The first kappa shape index (κ1) is 15.7. The summed E-state index contributed by atoms with van der Waals surface area (Å²) in [5.74, 6) is -0.0855. The molecule has 0 heterocycles. The maximum Gasteiger partial charge on any atom is 0.328 e. The first-order valence-electron chi connectivity index (χ1n) is 6.23. The van der Waals surface area contributed by atoms with Crippen LogP contribution in [0.1, 0.15) is 20.3 Å². The summed E-state index contributed by atoms with van der Waals surface area (Å²) in [4.78, 5) is 21.8. The van der Waals surface area contributed by atoms with E-state index in [1.54, 1.807) is 0 Å². The fourth-order valence-electron chi connectivity index (χ4n) is 1.84. The van der Waals surface area contributed by atoms with Crippen molar-refractivity contribution in [1.82, 2.24) is 0 Å². The molecule has 7 heteroatoms. The molecule has 0 aliphatic carbocycles. The highest BCUT2D eigenvalue weighted by molar-refractivity contribution is 5.80. The second-order valence-electron chi connectivity index (χ2n) is 4.88. The van der Waals surface area contributed by atoms with Gasteiger partial charge in [0, 0.05) is 11.8 Å². The smallest absolute Gasteiger partial charge is 0.328 e. The van der Waals surface area contributed by atoms with E-state index in [9.17, 15) is 14.9 Å². The molecule has 0 fully saturated rings. The first-order chi connectivity index (χ1) is 9.35. The number of nitro groups is 1. The van der Waals surface area contributed by atoms with Crippen LogP contribution in [0.5, 0.6) is 0 Å². The number of nitrogens with zero attached hydrogens (tertiary/aromatic N) is 1. The van der Waals surface area contributed by atoms with Crippen molar-refractivity contribution in [3.8, 4) is 0 Å². The van der Waals surface area contributed by atoms with Crippen LogP contribution in [0.15, 0.2) is 18.2 Å². The van der Waals surface area contributed by atoms with Gasteiger partial charge in [0.05, 0.1) is 12.0 Å². The van der Waals surface area contributed by atoms with E-state index in [2.05, 4.69) is 5.32 Å². The van der Waals surface area contributed by atoms with Crippen LogP contribution < -0.4 is 11.1 Å². The van der Waals surface area contributed by atoms with E-state index in [1.807, 2.05) is 13.8 Å². The first-order valence-corrected chi connectivity index (χ1v) is 6.23. The molecule has 3 N–H and O–H groups in total. The van der Waals surface area contributed by atoms with E-state index in [1.165, 1.54) is 25.3 Å². The molecular formula is C13H19N3O4. The molecule has 1 aromatic rings. The van der Waals surface area contributed by atoms with Gasteiger partial charge in [-0.2, -0.15) is 0 Å². The lowest BCUT2D eigenvalue weighted by atomic mass is 10.0. The number of rotatable bonds is 6. The third kappa shape index (κ3) is 4.11. The van der Waals surface area contributed by atoms with Crippen molar-refractivity contribution in [3.05, 3.63) is 28.3 Å². The molecule has 1 rings (SSSR count). The molecule has 0 spiro atoms. The third-order valence-corrected chi connectivity index (χ3v) is 2.76. The molecule has 0 saturated carbocycles. The van der Waals surface area contributed by atoms with Gasteiger partial charge in [0.25, 0.3) is 5.69 Å². The van der Waals surface area contributed by atoms with Gasteiger partial charge in [0.2, 0.25) is 0 Å². The molecule has 20 heavy (non-hydrogen) atoms. The van der Waals surface area contributed by atoms with E-state index in [0.717, 1.165) is 0 Å². The summed E-state index contributed by atoms with van der Waals surface area (Å²) in [6.45, 7) is 3.98. The van der Waals surface area contributed by atoms with Crippen molar-refractivity contribution < 1.29 is 14.5 Å². The number of nitro benzene ring substituents is 1. The topological polar surface area (TPSA) is 107 Å². The van der Waals surface area contributed by atoms with E-state index in [0.29, 0.717) is 18.0 Å². The Morgan fingerprint density at radius 1 is 1.50 bits per heavy atom. The van der Waals surface area contributed by atoms with Gasteiger partial charge in [0.1, 0.15) is 11.7 Å². The number of benzene rings is 1. The normalized spacial score (nSPS) is 12.0. The van der Waals surface area contributed by atoms with Gasteiger partial charge in [-0.15, -0.1) is 0 Å². The molecule has 1 atom stereocenters. The Labute approximate surface area is 117 Å². The highest BCUT2D eigenvalue weighted by atomic mass is 16.6. The SMILES string of the molecule is COC(=O)C(CC(C)C)Nc1ccc([N+](=O)[O-])c(N)c1. The van der Waals surface area contributed by atoms with Crippen LogP contribution in [0.4, 0.5) is 17.1 Å². The largest absolute Gasteiger partial charge is 0.467 e. The van der Waals surface area contributed by atoms with Gasteiger partial charge < -0.3 is 15.8 Å². The number of carbonyl (C=O) groups is 1. The fraction of sp³-hybridized carbons (Fsp3) is 0.462. The molecule has 0 bridgehead atoms. The zero-order chi connectivity index (χ0) is 15.3. The summed E-state index contributed by atoms with van der Waals surface area (Å²) >= 11 is 0. The summed E-state index contributed by atoms with van der Waals surface area (Å²) in [5.41, 5.74) is 6.05. The lowest BCUT2D eigenvalue weighted by Crippen LogP contribution is -2.32. The molecule has 0 aromatic heterocycles. The van der Waals surface area contributed by atoms with Crippen LogP contribution in [-0.4, -0.2) is 24.0 Å². The van der Waals surface area contributed by atoms with Crippen molar-refractivity contribution in [3.63, 3.8) is 0 Å². The molecular weight excluding hydrogens is 262 g/mol. The zero-order valence-electron chi connectivity index (χ0n) is 11.8. The maximum atomic E-state index is 11.7. The number of methoxy groups -OCH3 is 1. The van der Waals surface area contributed by atoms with Crippen LogP contribution in [0.25, 0.3) is 0 Å². The highest BCUT2D eigenvalue weighted by Crippen LogP contribution is 2.25. The number of nitrogen functional groups attached to an aromatic ring is 1. The Bertz CT molecular complexity index is 502. The molecule has 1 aromatic carbocycles. The van der Waals surface area contributed by atoms with Crippen molar-refractivity contribution in [1.29, 1.82) is 0 Å². The van der Waals surface area contributed by atoms with E-state index >= 15 is 0 Å². The van der Waals surface area contributed by atoms with Gasteiger partial charge in [-0.3, -0.25) is 10.1 Å². The van der Waals surface area contributed by atoms with Gasteiger partial charge in [-0.25, -0.2) is 4.79 Å². The highest BCUT2D eigenvalue weighted by Gasteiger charge is 2.21. The molecule has 0 amide bonds. The summed E-state index contributed by atoms with van der Waals surface area (Å²) < 4.78 is 4.74. The Morgan fingerprint density at radius 2 is 2.15 bits per heavy atom. The molecule has 1 unspecified atom stereocenters. The molecule has 0 radical (unpaired) electrons. The predicted molar refractivity (Wildman–Crippen MR) is 76.4 cm³/mol. The lowest BCUT2D eigenvalue weighted by molar-refractivity contribution is -0.383. The van der Waals surface area contributed by atoms with Crippen LogP contribution in [0, 0.1) is 16.0 Å². The third-order valence-electron chi connectivity index (χ3n) is 2.76. The lowest BCUT2D eigenvalue weighted by Gasteiger charge is -2.19. The predicted octanol–water partition coefficient (Wildman–Crippen LogP) is 2.18. The number of nitrogens with one attached hydrogen (secondary N) is 1. The fourth-order valence-corrected chi connectivity index (χ4v) is 1.84. The van der Waals surface area contributed by atoms with Crippen molar-refractivity contribution in [2.75, 3.05) is 18.2 Å². The molecule has 0 aliphatic rings. The number of hydrogen-bond acceptors (Lipinski definition) is 6. The number of anilines is 2. The van der Waals surface area contributed by atoms with Gasteiger partial charge in [-0.1, -0.05) is 13.8 Å². The minimum Gasteiger partial charge on any atom is -0.467 e. The number of carbonyl (C=O) groups excluding carboxylic acids is 1. The maximum absolute atomic E-state index is 11.7. The van der Waals surface area contributed by atoms with Crippen LogP contribution in [-0.2, 0) is 9.53 Å². The van der Waals surface area contributed by atoms with Crippen molar-refractivity contribution in [2.45, 2.75) is 26.3 Å². The van der Waals surface area contributed by atoms with Gasteiger partial charge in [-0.05, 0) is 24.5 Å². The summed E-state index contributed by atoms with van der Waals surface area (Å²) in [7, 11) is 1.32. The minimum absolute atomic E-state index is 0.0492. The molecule has 0 aliphatic heterocycles. The minimum atomic E-state index is -0.551. The Kier molecular flexibility index (Phi) is 5.31. The van der Waals surface area contributed by atoms with Gasteiger partial charge >= 0.3 is 5.97 Å². The number of nitrogens with two attached hydrogens (primary N) is 1. The molecule has 110 valence electrons. The van der Waals surface area contributed by atoms with Crippen molar-refractivity contribution >= 4 is 23.0 Å². The number of ether oxygens (including phenoxy) is 1. The standard InChI is InChI=1S/C13H19N3O4/c1-8(2)6-11(13(17)20-3)15-9-4-5-12(16(18)19)10(14)7-9/h4-5,7-8,11,15H,6,14H2,1-3H3. The Hall–Kier alpha value is -2.31. The Balaban J connectivity index is 2.91. The second kappa shape index (κ2) is 6.74. The van der Waals surface area contributed by atoms with Gasteiger partial charge in [0.15, 0.2) is 0 Å².